The van der Waals surface area contributed by atoms with Crippen LogP contribution in [0.2, 0.25) is 10.0 Å². The lowest BCUT2D eigenvalue weighted by Crippen LogP contribution is -2.09. The molecule has 14 heteroatoms. The van der Waals surface area contributed by atoms with Gasteiger partial charge in [-0.3, -0.25) is 0 Å². The zero-order valence-corrected chi connectivity index (χ0v) is 14.2. The molecule has 1 aromatic carbocycles. The summed E-state index contributed by atoms with van der Waals surface area (Å²) in [4.78, 5) is 1.23. The molecule has 0 spiro atoms. The maximum atomic E-state index is 13.9. The Morgan fingerprint density at radius 2 is 1.77 bits per heavy atom. The van der Waals surface area contributed by atoms with Crippen molar-refractivity contribution in [2.24, 2.45) is 0 Å². The third kappa shape index (κ3) is 3.29. The first kappa shape index (κ1) is 20.2. The van der Waals surface area contributed by atoms with Gasteiger partial charge in [0.05, 0.1) is 15.6 Å². The van der Waals surface area contributed by atoms with Crippen LogP contribution >= 0.6 is 23.2 Å². The Labute approximate surface area is 152 Å². The molecule has 0 bridgehead atoms. The van der Waals surface area contributed by atoms with E-state index in [1.165, 1.54) is 0 Å². The normalized spacial score (nSPS) is 14.0. The van der Waals surface area contributed by atoms with Gasteiger partial charge >= 0.3 is 17.4 Å². The molecule has 0 aliphatic carbocycles. The first-order chi connectivity index (χ1) is 11.8. The predicted molar refractivity (Wildman–Crippen MR) is 84.0 cm³/mol. The average molecular weight is 437 g/mol. The van der Waals surface area contributed by atoms with Gasteiger partial charge in [0, 0.05) is 0 Å². The first-order valence-corrected chi connectivity index (χ1v) is 8.28. The summed E-state index contributed by atoms with van der Waals surface area (Å²) in [6, 6.07) is 0.880. The fourth-order valence-electron chi connectivity index (χ4n) is 1.91. The van der Waals surface area contributed by atoms with Crippen LogP contribution in [-0.2, 0) is 16.1 Å². The number of benzene rings is 1. The third-order valence-electron chi connectivity index (χ3n) is 2.98. The molecule has 1 aromatic heterocycles. The second kappa shape index (κ2) is 6.57. The van der Waals surface area contributed by atoms with Gasteiger partial charge in [-0.05, 0) is 17.2 Å². The highest BCUT2D eigenvalue weighted by Gasteiger charge is 2.35. The molecule has 0 amide bonds. The van der Waals surface area contributed by atoms with E-state index >= 15 is 0 Å². The largest absolute Gasteiger partial charge is 0.416 e. The summed E-state index contributed by atoms with van der Waals surface area (Å²) in [6.45, 7) is 6.83. The molecular formula is C12H4Cl2F6N4OS. The number of alkyl halides is 3. The zero-order valence-electron chi connectivity index (χ0n) is 11.9. The number of rotatable bonds is 2. The van der Waals surface area contributed by atoms with Crippen LogP contribution in [-0.4, -0.2) is 19.4 Å². The van der Waals surface area contributed by atoms with Crippen molar-refractivity contribution in [2.45, 2.75) is 11.1 Å². The monoisotopic (exact) mass is 436 g/mol. The van der Waals surface area contributed by atoms with E-state index < -0.39 is 59.3 Å². The fourth-order valence-corrected chi connectivity index (χ4v) is 3.39. The van der Waals surface area contributed by atoms with Crippen molar-refractivity contribution in [3.63, 3.8) is 0 Å². The summed E-state index contributed by atoms with van der Waals surface area (Å²) in [5.74, 6) is -2.12. The van der Waals surface area contributed by atoms with Gasteiger partial charge in [-0.25, -0.2) is 4.21 Å². The summed E-state index contributed by atoms with van der Waals surface area (Å²) >= 11 is 11.5. The molecule has 2 aromatic rings. The predicted octanol–water partition coefficient (Wildman–Crippen LogP) is 4.89. The van der Waals surface area contributed by atoms with Gasteiger partial charge < -0.3 is 10.6 Å². The number of aromatic nitrogens is 2. The van der Waals surface area contributed by atoms with Crippen LogP contribution < -0.4 is 5.73 Å². The molecule has 26 heavy (non-hydrogen) atoms. The number of nitrogens with two attached hydrogens (primary N) is 1. The van der Waals surface area contributed by atoms with Gasteiger partial charge in [0.1, 0.15) is 10.6 Å². The molecule has 0 aliphatic rings. The van der Waals surface area contributed by atoms with Gasteiger partial charge in [0.2, 0.25) is 9.91 Å². The van der Waals surface area contributed by atoms with Gasteiger partial charge in [0.25, 0.3) is 0 Å². The molecular weight excluding hydrogens is 433 g/mol. The Balaban J connectivity index is 2.86. The van der Waals surface area contributed by atoms with Crippen LogP contribution in [0.15, 0.2) is 17.0 Å². The molecule has 5 nitrogen and oxygen atoms in total. The van der Waals surface area contributed by atoms with E-state index in [0.29, 0.717) is 16.8 Å². The minimum atomic E-state index is -5.65. The van der Waals surface area contributed by atoms with Crippen molar-refractivity contribution in [2.75, 3.05) is 5.73 Å². The van der Waals surface area contributed by atoms with Crippen molar-refractivity contribution >= 4 is 50.1 Å². The highest BCUT2D eigenvalue weighted by molar-refractivity contribution is 7.97. The molecule has 1 heterocycles. The average Bonchev–Trinajstić information content (AvgIpc) is 2.82. The minimum Gasteiger partial charge on any atom is -0.382 e. The van der Waals surface area contributed by atoms with Crippen molar-refractivity contribution in [3.8, 4) is 5.69 Å². The van der Waals surface area contributed by atoms with Crippen LogP contribution in [0.25, 0.3) is 10.5 Å². The maximum absolute atomic E-state index is 13.9. The van der Waals surface area contributed by atoms with E-state index in [0.717, 1.165) is 0 Å². The fraction of sp³-hybridized carbons (Fsp3) is 0.0833. The van der Waals surface area contributed by atoms with Crippen LogP contribution in [0.3, 0.4) is 0 Å². The standard InChI is InChI=1S/C12H4Cl2F6N4OS/c1-22-10-8(26(20,25)11(15)16)9(21)24(23-10)7-5(13)2-4(3-6(7)14)12(17,18)19/h2-3H,21H2. The van der Waals surface area contributed by atoms with Crippen LogP contribution in [0, 0.1) is 6.57 Å². The Kier molecular flexibility index (Phi) is 5.10. The number of nitrogen functional groups attached to an aromatic ring is 1. The number of nitrogens with zero attached hydrogens (tertiary/aromatic N) is 3. The molecule has 2 rings (SSSR count). The summed E-state index contributed by atoms with van der Waals surface area (Å²) in [5.41, 5.74) is 3.68. The van der Waals surface area contributed by atoms with Crippen molar-refractivity contribution < 1.29 is 30.0 Å². The molecule has 0 saturated heterocycles. The summed E-state index contributed by atoms with van der Waals surface area (Å²) in [5, 5.41) is -1.11. The molecule has 1 atom stereocenters. The minimum absolute atomic E-state index is 0.371. The van der Waals surface area contributed by atoms with E-state index in [9.17, 15) is 30.0 Å². The van der Waals surface area contributed by atoms with E-state index in [2.05, 4.69) is 9.94 Å². The number of hydrogen-bond acceptors (Lipinski definition) is 3. The molecule has 0 radical (unpaired) electrons. The molecule has 0 aliphatic heterocycles. The lowest BCUT2D eigenvalue weighted by molar-refractivity contribution is -0.137. The summed E-state index contributed by atoms with van der Waals surface area (Å²) in [6.07, 6.45) is -4.80. The smallest absolute Gasteiger partial charge is 0.382 e. The Hall–Kier alpha value is -2.10. The molecule has 2 N–H and O–H groups in total. The second-order valence-corrected chi connectivity index (χ2v) is 7.06. The topological polar surface area (TPSA) is 65.3 Å². The van der Waals surface area contributed by atoms with Crippen molar-refractivity contribution in [1.82, 2.24) is 9.78 Å². The van der Waals surface area contributed by atoms with E-state index in [-0.39, 0.29) is 0 Å². The van der Waals surface area contributed by atoms with Gasteiger partial charge in [0.15, 0.2) is 5.82 Å². The lowest BCUT2D eigenvalue weighted by Gasteiger charge is -2.11. The number of anilines is 1. The highest BCUT2D eigenvalue weighted by Crippen LogP contribution is 2.41. The van der Waals surface area contributed by atoms with Gasteiger partial charge in [-0.15, -0.1) is 8.57 Å². The van der Waals surface area contributed by atoms with Crippen LogP contribution in [0.4, 0.5) is 37.5 Å². The van der Waals surface area contributed by atoms with Gasteiger partial charge in [-0.2, -0.15) is 22.0 Å². The van der Waals surface area contributed by atoms with E-state index in [1.807, 2.05) is 0 Å². The summed E-state index contributed by atoms with van der Waals surface area (Å²) < 4.78 is 89.3. The molecule has 140 valence electrons. The first-order valence-electron chi connectivity index (χ1n) is 6.06. The van der Waals surface area contributed by atoms with E-state index in [1.54, 1.807) is 0 Å². The molecule has 0 fully saturated rings. The van der Waals surface area contributed by atoms with Crippen molar-refractivity contribution in [1.29, 1.82) is 0 Å². The third-order valence-corrected chi connectivity index (χ3v) is 4.87. The lowest BCUT2D eigenvalue weighted by atomic mass is 10.2. The maximum Gasteiger partial charge on any atom is 0.416 e. The Morgan fingerprint density at radius 1 is 1.27 bits per heavy atom. The number of hydrogen-bond donors (Lipinski definition) is 1. The second-order valence-electron chi connectivity index (χ2n) is 4.56. The summed E-state index contributed by atoms with van der Waals surface area (Å²) in [7, 11) is -5.65. The Morgan fingerprint density at radius 3 is 2.15 bits per heavy atom. The van der Waals surface area contributed by atoms with Crippen molar-refractivity contribution in [3.05, 3.63) is 39.2 Å². The quantitative estimate of drug-likeness (QED) is 0.315. The Bertz CT molecular complexity index is 1040. The number of halogens is 8. The van der Waals surface area contributed by atoms with Crippen LogP contribution in [0.5, 0.6) is 0 Å². The SMILES string of the molecule is [C-]#[N+]c1nn(-c2c(Cl)cc(C(F)(F)F)cc2Cl)c(N)c1S(=O)(F)=C(F)F. The molecule has 0 saturated carbocycles. The zero-order chi connectivity index (χ0) is 20.0. The molecule has 1 unspecified atom stereocenters. The van der Waals surface area contributed by atoms with E-state index in [4.69, 9.17) is 35.5 Å². The highest BCUT2D eigenvalue weighted by atomic mass is 35.5. The van der Waals surface area contributed by atoms with Crippen LogP contribution in [0.1, 0.15) is 5.56 Å². The van der Waals surface area contributed by atoms with Gasteiger partial charge in [-0.1, -0.05) is 29.8 Å².